The van der Waals surface area contributed by atoms with Crippen LogP contribution in [0, 0.1) is 19.7 Å². The number of hydrogen-bond donors (Lipinski definition) is 2. The number of hydrogen-bond acceptors (Lipinski definition) is 4. The van der Waals surface area contributed by atoms with Crippen molar-refractivity contribution < 1.29 is 9.18 Å². The van der Waals surface area contributed by atoms with E-state index in [2.05, 4.69) is 20.6 Å². The quantitative estimate of drug-likeness (QED) is 0.626. The zero-order chi connectivity index (χ0) is 20.1. The Kier molecular flexibility index (Phi) is 6.21. The highest BCUT2D eigenvalue weighted by Gasteiger charge is 2.12. The smallest absolute Gasteiger partial charge is 0.274 e. The van der Waals surface area contributed by atoms with E-state index < -0.39 is 0 Å². The normalized spacial score (nSPS) is 10.6. The van der Waals surface area contributed by atoms with Crippen LogP contribution in [-0.4, -0.2) is 22.4 Å². The molecule has 1 heterocycles. The summed E-state index contributed by atoms with van der Waals surface area (Å²) < 4.78 is 13.7. The number of anilines is 2. The molecular weight excluding hydrogens is 379 g/mol. The second-order valence-corrected chi connectivity index (χ2v) is 6.84. The van der Waals surface area contributed by atoms with Gasteiger partial charge >= 0.3 is 0 Å². The number of nitrogens with one attached hydrogen (secondary N) is 2. The van der Waals surface area contributed by atoms with Crippen molar-refractivity contribution in [2.45, 2.75) is 20.3 Å². The van der Waals surface area contributed by atoms with E-state index in [1.807, 2.05) is 6.92 Å². The predicted octanol–water partition coefficient (Wildman–Crippen LogP) is 4.79. The second-order valence-electron chi connectivity index (χ2n) is 6.40. The number of nitrogens with zero attached hydrogens (tertiary/aromatic N) is 2. The third kappa shape index (κ3) is 5.04. The summed E-state index contributed by atoms with van der Waals surface area (Å²) in [5.74, 6) is -0.254. The van der Waals surface area contributed by atoms with Crippen molar-refractivity contribution in [3.05, 3.63) is 81.9 Å². The Hall–Kier alpha value is -2.99. The minimum absolute atomic E-state index is 0.243. The average Bonchev–Trinajstić information content (AvgIpc) is 2.65. The fourth-order valence-electron chi connectivity index (χ4n) is 2.73. The van der Waals surface area contributed by atoms with Crippen molar-refractivity contribution in [2.75, 3.05) is 17.2 Å². The van der Waals surface area contributed by atoms with Crippen LogP contribution < -0.4 is 10.6 Å². The minimum Gasteiger partial charge on any atom is -0.354 e. The van der Waals surface area contributed by atoms with Crippen LogP contribution in [0.1, 0.15) is 27.3 Å². The van der Waals surface area contributed by atoms with Crippen LogP contribution in [0.5, 0.6) is 0 Å². The Balaban J connectivity index is 1.68. The molecular formula is C21H20ClFN4O. The average molecular weight is 399 g/mol. The van der Waals surface area contributed by atoms with Crippen LogP contribution in [0.4, 0.5) is 16.0 Å². The van der Waals surface area contributed by atoms with Gasteiger partial charge in [0.1, 0.15) is 11.5 Å². The number of halogens is 2. The molecule has 5 nitrogen and oxygen atoms in total. The van der Waals surface area contributed by atoms with E-state index in [0.717, 1.165) is 5.56 Å². The lowest BCUT2D eigenvalue weighted by Crippen LogP contribution is -2.17. The highest BCUT2D eigenvalue weighted by atomic mass is 35.5. The van der Waals surface area contributed by atoms with Gasteiger partial charge in [0.15, 0.2) is 0 Å². The first-order valence-electron chi connectivity index (χ1n) is 8.83. The molecule has 0 bridgehead atoms. The van der Waals surface area contributed by atoms with E-state index in [1.54, 1.807) is 49.4 Å². The number of amides is 1. The molecule has 0 saturated heterocycles. The number of aryl methyl sites for hydroxylation is 2. The van der Waals surface area contributed by atoms with Crippen LogP contribution in [-0.2, 0) is 6.42 Å². The predicted molar refractivity (Wildman–Crippen MR) is 110 cm³/mol. The van der Waals surface area contributed by atoms with Gasteiger partial charge in [-0.05, 0) is 61.7 Å². The lowest BCUT2D eigenvalue weighted by molar-refractivity contribution is 0.102. The van der Waals surface area contributed by atoms with Crippen molar-refractivity contribution in [1.82, 2.24) is 9.97 Å². The highest BCUT2D eigenvalue weighted by Crippen LogP contribution is 2.20. The van der Waals surface area contributed by atoms with Crippen molar-refractivity contribution in [3.63, 3.8) is 0 Å². The first kappa shape index (κ1) is 19.8. The summed E-state index contributed by atoms with van der Waals surface area (Å²) in [5, 5.41) is 6.49. The third-order valence-electron chi connectivity index (χ3n) is 4.16. The molecule has 1 aromatic heterocycles. The molecule has 28 heavy (non-hydrogen) atoms. The summed E-state index contributed by atoms with van der Waals surface area (Å²) in [6.07, 6.45) is 0.482. The summed E-state index contributed by atoms with van der Waals surface area (Å²) in [6.45, 7) is 4.10. The largest absolute Gasteiger partial charge is 0.354 e. The Morgan fingerprint density at radius 2 is 1.89 bits per heavy atom. The molecule has 2 N–H and O–H groups in total. The van der Waals surface area contributed by atoms with Crippen LogP contribution in [0.2, 0.25) is 5.02 Å². The molecule has 0 aliphatic carbocycles. The van der Waals surface area contributed by atoms with E-state index in [9.17, 15) is 9.18 Å². The number of benzene rings is 2. The Labute approximate surface area is 168 Å². The van der Waals surface area contributed by atoms with Gasteiger partial charge in [-0.3, -0.25) is 4.79 Å². The maximum atomic E-state index is 13.7. The van der Waals surface area contributed by atoms with E-state index >= 15 is 0 Å². The summed E-state index contributed by atoms with van der Waals surface area (Å²) >= 11 is 5.95. The minimum atomic E-state index is -0.340. The van der Waals surface area contributed by atoms with Gasteiger partial charge in [-0.15, -0.1) is 0 Å². The molecule has 1 amide bonds. The lowest BCUT2D eigenvalue weighted by atomic mass is 10.1. The van der Waals surface area contributed by atoms with E-state index in [0.29, 0.717) is 40.9 Å². The molecule has 0 spiro atoms. The third-order valence-corrected chi connectivity index (χ3v) is 4.39. The molecule has 2 aromatic carbocycles. The summed E-state index contributed by atoms with van der Waals surface area (Å²) in [6, 6.07) is 13.5. The monoisotopic (exact) mass is 398 g/mol. The SMILES string of the molecule is Cc1cc(C(=O)Nc2ccc(Cl)cc2C)nc(NCCc2ccccc2F)n1. The molecule has 144 valence electrons. The maximum Gasteiger partial charge on any atom is 0.274 e. The van der Waals surface area contributed by atoms with Gasteiger partial charge in [0.2, 0.25) is 5.95 Å². The van der Waals surface area contributed by atoms with E-state index in [4.69, 9.17) is 11.6 Å². The lowest BCUT2D eigenvalue weighted by Gasteiger charge is -2.11. The van der Waals surface area contributed by atoms with Crippen LogP contribution >= 0.6 is 11.6 Å². The molecule has 3 rings (SSSR count). The molecule has 0 unspecified atom stereocenters. The van der Waals surface area contributed by atoms with Gasteiger partial charge in [-0.2, -0.15) is 0 Å². The van der Waals surface area contributed by atoms with Gasteiger partial charge in [0.25, 0.3) is 5.91 Å². The van der Waals surface area contributed by atoms with Crippen LogP contribution in [0.25, 0.3) is 0 Å². The molecule has 0 aliphatic rings. The number of carbonyl (C=O) groups is 1. The fourth-order valence-corrected chi connectivity index (χ4v) is 2.95. The molecule has 0 radical (unpaired) electrons. The van der Waals surface area contributed by atoms with Crippen molar-refractivity contribution in [2.24, 2.45) is 0 Å². The first-order chi connectivity index (χ1) is 13.4. The number of carbonyl (C=O) groups excluding carboxylic acids is 1. The van der Waals surface area contributed by atoms with E-state index in [1.165, 1.54) is 6.07 Å². The van der Waals surface area contributed by atoms with Gasteiger partial charge in [-0.1, -0.05) is 29.8 Å². The zero-order valence-corrected chi connectivity index (χ0v) is 16.3. The topological polar surface area (TPSA) is 66.9 Å². The van der Waals surface area contributed by atoms with Crippen molar-refractivity contribution in [1.29, 1.82) is 0 Å². The molecule has 7 heteroatoms. The molecule has 0 fully saturated rings. The maximum absolute atomic E-state index is 13.7. The molecule has 3 aromatic rings. The fraction of sp³-hybridized carbons (Fsp3) is 0.190. The van der Waals surface area contributed by atoms with Gasteiger partial charge < -0.3 is 10.6 Å². The summed E-state index contributed by atoms with van der Waals surface area (Å²) in [7, 11) is 0. The van der Waals surface area contributed by atoms with Crippen LogP contribution in [0.3, 0.4) is 0 Å². The second kappa shape index (κ2) is 8.80. The molecule has 0 aliphatic heterocycles. The van der Waals surface area contributed by atoms with Crippen molar-refractivity contribution >= 4 is 29.1 Å². The van der Waals surface area contributed by atoms with E-state index in [-0.39, 0.29) is 17.4 Å². The Morgan fingerprint density at radius 1 is 1.11 bits per heavy atom. The Morgan fingerprint density at radius 3 is 2.64 bits per heavy atom. The number of aromatic nitrogens is 2. The number of rotatable bonds is 6. The Bertz CT molecular complexity index is 1010. The van der Waals surface area contributed by atoms with Crippen molar-refractivity contribution in [3.8, 4) is 0 Å². The van der Waals surface area contributed by atoms with Crippen LogP contribution in [0.15, 0.2) is 48.5 Å². The van der Waals surface area contributed by atoms with Gasteiger partial charge in [-0.25, -0.2) is 14.4 Å². The van der Waals surface area contributed by atoms with Gasteiger partial charge in [0, 0.05) is 22.9 Å². The summed E-state index contributed by atoms with van der Waals surface area (Å²) in [4.78, 5) is 21.2. The summed E-state index contributed by atoms with van der Waals surface area (Å²) in [5.41, 5.74) is 3.03. The first-order valence-corrected chi connectivity index (χ1v) is 9.20. The highest BCUT2D eigenvalue weighted by molar-refractivity contribution is 6.30. The molecule has 0 atom stereocenters. The van der Waals surface area contributed by atoms with Gasteiger partial charge in [0.05, 0.1) is 0 Å². The standard InChI is InChI=1S/C21H20ClFN4O/c1-13-11-16(22)7-8-18(13)26-20(28)19-12-14(2)25-21(27-19)24-10-9-15-5-3-4-6-17(15)23/h3-8,11-12H,9-10H2,1-2H3,(H,26,28)(H,24,25,27). The zero-order valence-electron chi connectivity index (χ0n) is 15.6. The molecule has 0 saturated carbocycles.